The normalized spacial score (nSPS) is 8.89. The molecule has 0 aliphatic rings. The lowest BCUT2D eigenvalue weighted by Crippen LogP contribution is -1.91. The Hall–Kier alpha value is -1.31. The molecule has 2 nitrogen and oxygen atoms in total. The molecule has 1 rings (SSSR count). The van der Waals surface area contributed by atoms with E-state index in [1.165, 1.54) is 12.1 Å². The van der Waals surface area contributed by atoms with E-state index in [1.54, 1.807) is 12.1 Å². The van der Waals surface area contributed by atoms with Crippen LogP contribution in [-0.4, -0.2) is 5.11 Å². The molecule has 1 N–H and O–H groups in total. The number of hydrogen-bond acceptors (Lipinski definition) is 2. The van der Waals surface area contributed by atoms with Crippen molar-refractivity contribution in [2.24, 2.45) is 0 Å². The third-order valence-electron chi connectivity index (χ3n) is 0.908. The summed E-state index contributed by atoms with van der Waals surface area (Å²) in [7, 11) is 0. The quantitative estimate of drug-likeness (QED) is 0.544. The molecule has 0 unspecified atom stereocenters. The topological polar surface area (TPSA) is 37.3 Å². The highest BCUT2D eigenvalue weighted by atomic mass is 16.3. The average Bonchev–Trinajstić information content (AvgIpc) is 1.99. The molecule has 0 fully saturated rings. The molecule has 0 aliphatic heterocycles. The van der Waals surface area contributed by atoms with E-state index in [0.29, 0.717) is 0 Å². The molecule has 0 atom stereocenters. The SMILES string of the molecule is O=c1cccc[c]c1O. The predicted octanol–water partition coefficient (Wildman–Crippen LogP) is 0.553. The first kappa shape index (κ1) is 5.82. The molecular formula is C7H5O2. The van der Waals surface area contributed by atoms with Gasteiger partial charge < -0.3 is 5.11 Å². The lowest BCUT2D eigenvalue weighted by molar-refractivity contribution is 0.470. The molecule has 0 aromatic heterocycles. The van der Waals surface area contributed by atoms with Crippen molar-refractivity contribution >= 4 is 0 Å². The van der Waals surface area contributed by atoms with Crippen LogP contribution in [0, 0.1) is 6.07 Å². The first-order valence-electron chi connectivity index (χ1n) is 2.51. The summed E-state index contributed by atoms with van der Waals surface area (Å²) in [5.41, 5.74) is -0.403. The molecule has 1 aromatic carbocycles. The average molecular weight is 121 g/mol. The van der Waals surface area contributed by atoms with Gasteiger partial charge in [-0.05, 0) is 6.07 Å². The molecule has 1 aromatic rings. The van der Waals surface area contributed by atoms with Gasteiger partial charge in [0.15, 0.2) is 5.75 Å². The summed E-state index contributed by atoms with van der Waals surface area (Å²) in [4.78, 5) is 10.5. The summed E-state index contributed by atoms with van der Waals surface area (Å²) >= 11 is 0. The monoisotopic (exact) mass is 121 g/mol. The third kappa shape index (κ3) is 1.29. The van der Waals surface area contributed by atoms with Gasteiger partial charge in [-0.3, -0.25) is 4.79 Å². The summed E-state index contributed by atoms with van der Waals surface area (Å²) in [6.07, 6.45) is 0. The highest BCUT2D eigenvalue weighted by Crippen LogP contribution is 1.92. The van der Waals surface area contributed by atoms with E-state index >= 15 is 0 Å². The Morgan fingerprint density at radius 3 is 3.00 bits per heavy atom. The fraction of sp³-hybridized carbons (Fsp3) is 0. The Balaban J connectivity index is 3.42. The van der Waals surface area contributed by atoms with Crippen molar-refractivity contribution in [3.8, 4) is 5.75 Å². The lowest BCUT2D eigenvalue weighted by Gasteiger charge is -1.73. The van der Waals surface area contributed by atoms with Crippen molar-refractivity contribution in [3.63, 3.8) is 0 Å². The minimum absolute atomic E-state index is 0.333. The summed E-state index contributed by atoms with van der Waals surface area (Å²) in [6.45, 7) is 0. The van der Waals surface area contributed by atoms with Crippen molar-refractivity contribution in [1.29, 1.82) is 0 Å². The second-order valence-electron chi connectivity index (χ2n) is 1.58. The first-order valence-corrected chi connectivity index (χ1v) is 2.51. The van der Waals surface area contributed by atoms with Crippen LogP contribution in [0.25, 0.3) is 0 Å². The smallest absolute Gasteiger partial charge is 0.220 e. The largest absolute Gasteiger partial charge is 0.504 e. The second-order valence-corrected chi connectivity index (χ2v) is 1.58. The summed E-state index contributed by atoms with van der Waals surface area (Å²) in [6, 6.07) is 8.32. The Morgan fingerprint density at radius 1 is 1.44 bits per heavy atom. The van der Waals surface area contributed by atoms with E-state index in [2.05, 4.69) is 6.07 Å². The Bertz CT molecular complexity index is 255. The zero-order valence-electron chi connectivity index (χ0n) is 4.66. The lowest BCUT2D eigenvalue weighted by atomic mass is 10.5. The molecule has 0 saturated carbocycles. The van der Waals surface area contributed by atoms with Crippen molar-refractivity contribution < 1.29 is 5.11 Å². The van der Waals surface area contributed by atoms with E-state index in [0.717, 1.165) is 0 Å². The maximum atomic E-state index is 10.5. The van der Waals surface area contributed by atoms with E-state index in [1.807, 2.05) is 0 Å². The number of hydrogen-bond donors (Lipinski definition) is 1. The van der Waals surface area contributed by atoms with Gasteiger partial charge >= 0.3 is 0 Å². The standard InChI is InChI=1S/C7H5O2/c8-6-4-2-1-3-5-7(6)9/h1-4H,(H,8,9). The zero-order chi connectivity index (χ0) is 6.69. The van der Waals surface area contributed by atoms with Crippen molar-refractivity contribution in [3.05, 3.63) is 40.6 Å². The highest BCUT2D eigenvalue weighted by molar-refractivity contribution is 5.16. The number of rotatable bonds is 0. The minimum atomic E-state index is -0.403. The van der Waals surface area contributed by atoms with Gasteiger partial charge in [0.2, 0.25) is 5.43 Å². The number of aromatic hydroxyl groups is 1. The van der Waals surface area contributed by atoms with Crippen LogP contribution in [0.3, 0.4) is 0 Å². The van der Waals surface area contributed by atoms with E-state index in [-0.39, 0.29) is 5.75 Å². The summed E-state index contributed by atoms with van der Waals surface area (Å²) < 4.78 is 0. The first-order chi connectivity index (χ1) is 4.30. The molecule has 0 aliphatic carbocycles. The molecule has 1 radical (unpaired) electrons. The minimum Gasteiger partial charge on any atom is -0.504 e. The summed E-state index contributed by atoms with van der Waals surface area (Å²) in [5.74, 6) is -0.333. The fourth-order valence-electron chi connectivity index (χ4n) is 0.476. The van der Waals surface area contributed by atoms with Crippen molar-refractivity contribution in [1.82, 2.24) is 0 Å². The van der Waals surface area contributed by atoms with Crippen molar-refractivity contribution in [2.45, 2.75) is 0 Å². The highest BCUT2D eigenvalue weighted by Gasteiger charge is 1.86. The van der Waals surface area contributed by atoms with Gasteiger partial charge in [-0.15, -0.1) is 0 Å². The van der Waals surface area contributed by atoms with Crippen LogP contribution in [0.2, 0.25) is 0 Å². The third-order valence-corrected chi connectivity index (χ3v) is 0.908. The molecule has 0 saturated heterocycles. The van der Waals surface area contributed by atoms with Crippen LogP contribution in [0.1, 0.15) is 0 Å². The molecule has 0 amide bonds. The maximum Gasteiger partial charge on any atom is 0.220 e. The van der Waals surface area contributed by atoms with Crippen LogP contribution in [0.4, 0.5) is 0 Å². The molecule has 0 heterocycles. The Labute approximate surface area is 52.4 Å². The van der Waals surface area contributed by atoms with Gasteiger partial charge in [0, 0.05) is 6.07 Å². The second kappa shape index (κ2) is 2.31. The molecule has 0 bridgehead atoms. The molecule has 9 heavy (non-hydrogen) atoms. The fourth-order valence-corrected chi connectivity index (χ4v) is 0.476. The van der Waals surface area contributed by atoms with Crippen LogP contribution in [0.15, 0.2) is 29.1 Å². The van der Waals surface area contributed by atoms with E-state index in [9.17, 15) is 4.79 Å². The van der Waals surface area contributed by atoms with Gasteiger partial charge in [0.25, 0.3) is 0 Å². The van der Waals surface area contributed by atoms with Gasteiger partial charge in [-0.1, -0.05) is 18.2 Å². The van der Waals surface area contributed by atoms with Crippen LogP contribution >= 0.6 is 0 Å². The van der Waals surface area contributed by atoms with Crippen LogP contribution < -0.4 is 5.43 Å². The molecule has 45 valence electrons. The zero-order valence-corrected chi connectivity index (χ0v) is 4.66. The van der Waals surface area contributed by atoms with Crippen molar-refractivity contribution in [2.75, 3.05) is 0 Å². The summed E-state index contributed by atoms with van der Waals surface area (Å²) in [5, 5.41) is 8.71. The van der Waals surface area contributed by atoms with Gasteiger partial charge in [-0.2, -0.15) is 0 Å². The Kier molecular flexibility index (Phi) is 1.49. The van der Waals surface area contributed by atoms with Gasteiger partial charge in [-0.25, -0.2) is 0 Å². The molecular weight excluding hydrogens is 116 g/mol. The molecule has 2 heteroatoms. The Morgan fingerprint density at radius 2 is 2.22 bits per heavy atom. The van der Waals surface area contributed by atoms with Gasteiger partial charge in [0.05, 0.1) is 0 Å². The van der Waals surface area contributed by atoms with E-state index in [4.69, 9.17) is 5.11 Å². The van der Waals surface area contributed by atoms with Crippen LogP contribution in [-0.2, 0) is 0 Å². The van der Waals surface area contributed by atoms with Crippen LogP contribution in [0.5, 0.6) is 5.75 Å². The predicted molar refractivity (Wildman–Crippen MR) is 33.2 cm³/mol. The van der Waals surface area contributed by atoms with Gasteiger partial charge in [0.1, 0.15) is 0 Å². The van der Waals surface area contributed by atoms with E-state index < -0.39 is 5.43 Å². The molecule has 0 spiro atoms. The maximum absolute atomic E-state index is 10.5.